The summed E-state index contributed by atoms with van der Waals surface area (Å²) >= 11 is 0. The molecule has 0 unspecified atom stereocenters. The van der Waals surface area contributed by atoms with Crippen LogP contribution < -0.4 is 15.8 Å². The van der Waals surface area contributed by atoms with Crippen LogP contribution >= 0.6 is 0 Å². The molecule has 76 valence electrons. The number of nitrogens with zero attached hydrogens (tertiary/aromatic N) is 2. The fourth-order valence-electron chi connectivity index (χ4n) is 1.64. The van der Waals surface area contributed by atoms with Crippen LogP contribution in [0, 0.1) is 0 Å². The number of fused-ring (bicyclic) bond motifs is 1. The van der Waals surface area contributed by atoms with Gasteiger partial charge in [0.05, 0.1) is 12.8 Å². The van der Waals surface area contributed by atoms with Crippen molar-refractivity contribution in [3.8, 4) is 6.01 Å². The first-order chi connectivity index (χ1) is 6.81. The van der Waals surface area contributed by atoms with Crippen LogP contribution in [-0.2, 0) is 12.8 Å². The zero-order valence-electron chi connectivity index (χ0n) is 8.21. The molecule has 0 aliphatic carbocycles. The molecule has 0 bridgehead atoms. The molecular formula is C9H14N4O. The van der Waals surface area contributed by atoms with Gasteiger partial charge in [-0.05, 0) is 13.0 Å². The van der Waals surface area contributed by atoms with E-state index in [-0.39, 0.29) is 0 Å². The van der Waals surface area contributed by atoms with Crippen LogP contribution in [0.5, 0.6) is 6.01 Å². The fourth-order valence-corrected chi connectivity index (χ4v) is 1.64. The molecule has 0 fully saturated rings. The third kappa shape index (κ3) is 1.63. The maximum Gasteiger partial charge on any atom is 0.318 e. The van der Waals surface area contributed by atoms with Crippen molar-refractivity contribution in [2.75, 3.05) is 25.9 Å². The number of hydrogen-bond donors (Lipinski definition) is 2. The SMILES string of the molecule is COc1nc(N)c2c(n1)CCNCC2. The van der Waals surface area contributed by atoms with Gasteiger partial charge in [-0.1, -0.05) is 0 Å². The highest BCUT2D eigenvalue weighted by atomic mass is 16.5. The van der Waals surface area contributed by atoms with E-state index in [1.165, 1.54) is 0 Å². The first kappa shape index (κ1) is 9.21. The Balaban J connectivity index is 2.43. The van der Waals surface area contributed by atoms with Crippen molar-refractivity contribution in [3.63, 3.8) is 0 Å². The van der Waals surface area contributed by atoms with Gasteiger partial charge in [-0.2, -0.15) is 9.97 Å². The van der Waals surface area contributed by atoms with E-state index in [4.69, 9.17) is 10.5 Å². The molecule has 1 aliphatic heterocycles. The lowest BCUT2D eigenvalue weighted by Gasteiger charge is -2.08. The molecule has 2 heterocycles. The predicted octanol–water partition coefficient (Wildman–Crippen LogP) is -0.244. The van der Waals surface area contributed by atoms with Crippen LogP contribution in [0.2, 0.25) is 0 Å². The number of nitrogen functional groups attached to an aromatic ring is 1. The number of hydrogen-bond acceptors (Lipinski definition) is 5. The van der Waals surface area contributed by atoms with E-state index in [0.29, 0.717) is 11.8 Å². The van der Waals surface area contributed by atoms with Crippen LogP contribution in [0.15, 0.2) is 0 Å². The maximum atomic E-state index is 5.83. The van der Waals surface area contributed by atoms with Gasteiger partial charge in [0.25, 0.3) is 0 Å². The van der Waals surface area contributed by atoms with E-state index in [0.717, 1.165) is 37.2 Å². The second kappa shape index (κ2) is 3.79. The van der Waals surface area contributed by atoms with Crippen molar-refractivity contribution >= 4 is 5.82 Å². The van der Waals surface area contributed by atoms with Crippen molar-refractivity contribution in [1.82, 2.24) is 15.3 Å². The van der Waals surface area contributed by atoms with Crippen molar-refractivity contribution in [1.29, 1.82) is 0 Å². The molecule has 5 nitrogen and oxygen atoms in total. The zero-order chi connectivity index (χ0) is 9.97. The van der Waals surface area contributed by atoms with Crippen LogP contribution in [0.4, 0.5) is 5.82 Å². The number of aromatic nitrogens is 2. The largest absolute Gasteiger partial charge is 0.467 e. The Kier molecular flexibility index (Phi) is 2.49. The first-order valence-electron chi connectivity index (χ1n) is 4.71. The quantitative estimate of drug-likeness (QED) is 0.645. The molecule has 0 spiro atoms. The summed E-state index contributed by atoms with van der Waals surface area (Å²) < 4.78 is 4.98. The number of rotatable bonds is 1. The monoisotopic (exact) mass is 194 g/mol. The molecule has 1 aromatic rings. The summed E-state index contributed by atoms with van der Waals surface area (Å²) in [7, 11) is 1.55. The van der Waals surface area contributed by atoms with Gasteiger partial charge in [-0.25, -0.2) is 0 Å². The van der Waals surface area contributed by atoms with Gasteiger partial charge >= 0.3 is 6.01 Å². The van der Waals surface area contributed by atoms with Crippen molar-refractivity contribution < 1.29 is 4.74 Å². The third-order valence-corrected chi connectivity index (χ3v) is 2.38. The molecule has 1 aliphatic rings. The van der Waals surface area contributed by atoms with E-state index >= 15 is 0 Å². The fraction of sp³-hybridized carbons (Fsp3) is 0.556. The minimum Gasteiger partial charge on any atom is -0.467 e. The highest BCUT2D eigenvalue weighted by molar-refractivity contribution is 5.44. The van der Waals surface area contributed by atoms with Gasteiger partial charge in [0.2, 0.25) is 0 Å². The van der Waals surface area contributed by atoms with E-state index in [9.17, 15) is 0 Å². The molecule has 0 radical (unpaired) electrons. The summed E-state index contributed by atoms with van der Waals surface area (Å²) in [6.07, 6.45) is 1.78. The molecular weight excluding hydrogens is 180 g/mol. The molecule has 0 saturated carbocycles. The average molecular weight is 194 g/mol. The van der Waals surface area contributed by atoms with E-state index in [1.54, 1.807) is 7.11 Å². The highest BCUT2D eigenvalue weighted by Crippen LogP contribution is 2.19. The van der Waals surface area contributed by atoms with Gasteiger partial charge in [0.15, 0.2) is 0 Å². The van der Waals surface area contributed by atoms with Gasteiger partial charge in [0.1, 0.15) is 5.82 Å². The second-order valence-electron chi connectivity index (χ2n) is 3.27. The Bertz CT molecular complexity index is 340. The molecule has 0 aromatic carbocycles. The van der Waals surface area contributed by atoms with E-state index in [2.05, 4.69) is 15.3 Å². The number of methoxy groups -OCH3 is 1. The number of nitrogens with two attached hydrogens (primary N) is 1. The van der Waals surface area contributed by atoms with Gasteiger partial charge in [-0.3, -0.25) is 0 Å². The van der Waals surface area contributed by atoms with Gasteiger partial charge in [0, 0.05) is 18.5 Å². The highest BCUT2D eigenvalue weighted by Gasteiger charge is 2.14. The molecule has 1 aromatic heterocycles. The first-order valence-corrected chi connectivity index (χ1v) is 4.71. The molecule has 0 saturated heterocycles. The molecule has 5 heteroatoms. The Labute approximate surface area is 82.7 Å². The minimum atomic E-state index is 0.364. The van der Waals surface area contributed by atoms with Crippen LogP contribution in [-0.4, -0.2) is 30.2 Å². The third-order valence-electron chi connectivity index (χ3n) is 2.38. The minimum absolute atomic E-state index is 0.364. The Morgan fingerprint density at radius 3 is 2.86 bits per heavy atom. The molecule has 0 atom stereocenters. The summed E-state index contributed by atoms with van der Waals surface area (Å²) in [6, 6.07) is 0.364. The van der Waals surface area contributed by atoms with Gasteiger partial charge in [-0.15, -0.1) is 0 Å². The summed E-state index contributed by atoms with van der Waals surface area (Å²) in [5, 5.41) is 3.29. The van der Waals surface area contributed by atoms with Crippen LogP contribution in [0.1, 0.15) is 11.3 Å². The number of ether oxygens (including phenoxy) is 1. The maximum absolute atomic E-state index is 5.83. The standard InChI is InChI=1S/C9H14N4O/c1-14-9-12-7-3-5-11-4-2-6(7)8(10)13-9/h11H,2-5H2,1H3,(H2,10,12,13). The topological polar surface area (TPSA) is 73.1 Å². The van der Waals surface area contributed by atoms with E-state index < -0.39 is 0 Å². The number of nitrogens with one attached hydrogen (secondary N) is 1. The summed E-state index contributed by atoms with van der Waals surface area (Å²) in [6.45, 7) is 1.87. The summed E-state index contributed by atoms with van der Waals surface area (Å²) in [5.74, 6) is 0.551. The molecule has 3 N–H and O–H groups in total. The Hall–Kier alpha value is -1.36. The molecule has 14 heavy (non-hydrogen) atoms. The summed E-state index contributed by atoms with van der Waals surface area (Å²) in [5.41, 5.74) is 7.91. The van der Waals surface area contributed by atoms with E-state index in [1.807, 2.05) is 0 Å². The van der Waals surface area contributed by atoms with Crippen LogP contribution in [0.25, 0.3) is 0 Å². The normalized spacial score (nSPS) is 15.8. The Morgan fingerprint density at radius 1 is 1.29 bits per heavy atom. The van der Waals surface area contributed by atoms with Crippen molar-refractivity contribution in [2.45, 2.75) is 12.8 Å². The Morgan fingerprint density at radius 2 is 2.07 bits per heavy atom. The molecule has 2 rings (SSSR count). The van der Waals surface area contributed by atoms with Crippen molar-refractivity contribution in [2.24, 2.45) is 0 Å². The predicted molar refractivity (Wildman–Crippen MR) is 53.3 cm³/mol. The summed E-state index contributed by atoms with van der Waals surface area (Å²) in [4.78, 5) is 8.36. The van der Waals surface area contributed by atoms with Gasteiger partial charge < -0.3 is 15.8 Å². The zero-order valence-corrected chi connectivity index (χ0v) is 8.21. The number of anilines is 1. The lowest BCUT2D eigenvalue weighted by atomic mass is 10.1. The average Bonchev–Trinajstić information content (AvgIpc) is 2.42. The second-order valence-corrected chi connectivity index (χ2v) is 3.27. The van der Waals surface area contributed by atoms with Crippen LogP contribution in [0.3, 0.4) is 0 Å². The lowest BCUT2D eigenvalue weighted by Crippen LogP contribution is -2.16. The smallest absolute Gasteiger partial charge is 0.318 e. The molecule has 0 amide bonds. The van der Waals surface area contributed by atoms with Crippen molar-refractivity contribution in [3.05, 3.63) is 11.3 Å². The lowest BCUT2D eigenvalue weighted by molar-refractivity contribution is 0.378.